The zero-order valence-electron chi connectivity index (χ0n) is 18.7. The molecule has 8 nitrogen and oxygen atoms in total. The molecule has 0 bridgehead atoms. The van der Waals surface area contributed by atoms with E-state index in [1.54, 1.807) is 25.1 Å². The lowest BCUT2D eigenvalue weighted by atomic mass is 10.2. The number of aryl methyl sites for hydroxylation is 1. The fourth-order valence-electron chi connectivity index (χ4n) is 3.51. The van der Waals surface area contributed by atoms with Gasteiger partial charge in [-0.2, -0.15) is 4.31 Å². The standard InChI is InChI=1S/C23H28FN3O5S/c1-3-32-23(29)26-14-12-25(13-15-26)22(28)17-27(16-19-6-4-5-7-21(19)24)33(30,31)20-10-8-18(2)9-11-20/h4-11H,3,12-17H2,1-2H3. The van der Waals surface area contributed by atoms with Crippen LogP contribution in [0.15, 0.2) is 53.4 Å². The number of carbonyl (C=O) groups excluding carboxylic acids is 2. The molecular weight excluding hydrogens is 449 g/mol. The predicted molar refractivity (Wildman–Crippen MR) is 120 cm³/mol. The van der Waals surface area contributed by atoms with Crippen molar-refractivity contribution in [3.8, 4) is 0 Å². The number of piperazine rings is 1. The number of halogens is 1. The number of carbonyl (C=O) groups is 2. The highest BCUT2D eigenvalue weighted by Gasteiger charge is 2.31. The van der Waals surface area contributed by atoms with Gasteiger partial charge in [-0.15, -0.1) is 0 Å². The minimum Gasteiger partial charge on any atom is -0.450 e. The van der Waals surface area contributed by atoms with Crippen LogP contribution < -0.4 is 0 Å². The van der Waals surface area contributed by atoms with Crippen LogP contribution in [0.5, 0.6) is 0 Å². The van der Waals surface area contributed by atoms with E-state index in [1.807, 2.05) is 6.92 Å². The molecule has 33 heavy (non-hydrogen) atoms. The lowest BCUT2D eigenvalue weighted by Crippen LogP contribution is -2.53. The maximum atomic E-state index is 14.3. The summed E-state index contributed by atoms with van der Waals surface area (Å²) in [5, 5.41) is 0. The van der Waals surface area contributed by atoms with Crippen LogP contribution in [-0.2, 0) is 26.1 Å². The molecule has 0 aromatic heterocycles. The first kappa shape index (κ1) is 24.7. The van der Waals surface area contributed by atoms with E-state index in [9.17, 15) is 22.4 Å². The number of sulfonamides is 1. The smallest absolute Gasteiger partial charge is 0.409 e. The molecule has 0 atom stereocenters. The summed E-state index contributed by atoms with van der Waals surface area (Å²) in [4.78, 5) is 27.9. The molecule has 2 amide bonds. The Morgan fingerprint density at radius 3 is 2.21 bits per heavy atom. The molecule has 178 valence electrons. The molecule has 10 heteroatoms. The second-order valence-corrected chi connectivity index (χ2v) is 9.68. The van der Waals surface area contributed by atoms with Gasteiger partial charge >= 0.3 is 6.09 Å². The van der Waals surface area contributed by atoms with Gasteiger partial charge in [0.1, 0.15) is 5.82 Å². The highest BCUT2D eigenvalue weighted by atomic mass is 32.2. The van der Waals surface area contributed by atoms with Crippen LogP contribution in [-0.4, -0.2) is 73.9 Å². The summed E-state index contributed by atoms with van der Waals surface area (Å²) >= 11 is 0. The van der Waals surface area contributed by atoms with Gasteiger partial charge in [-0.25, -0.2) is 17.6 Å². The minimum atomic E-state index is -4.06. The average molecular weight is 478 g/mol. The van der Waals surface area contributed by atoms with Gasteiger partial charge in [0.25, 0.3) is 0 Å². The van der Waals surface area contributed by atoms with Crippen LogP contribution >= 0.6 is 0 Å². The van der Waals surface area contributed by atoms with E-state index in [1.165, 1.54) is 40.1 Å². The molecule has 3 rings (SSSR count). The zero-order valence-corrected chi connectivity index (χ0v) is 19.6. The molecule has 1 aliphatic heterocycles. The van der Waals surface area contributed by atoms with Gasteiger partial charge in [0.05, 0.1) is 18.0 Å². The van der Waals surface area contributed by atoms with Crippen LogP contribution in [0.2, 0.25) is 0 Å². The van der Waals surface area contributed by atoms with Crippen molar-refractivity contribution in [1.82, 2.24) is 14.1 Å². The van der Waals surface area contributed by atoms with E-state index in [4.69, 9.17) is 4.74 Å². The summed E-state index contributed by atoms with van der Waals surface area (Å²) in [5.41, 5.74) is 1.07. The molecule has 1 heterocycles. The monoisotopic (exact) mass is 477 g/mol. The molecular formula is C23H28FN3O5S. The van der Waals surface area contributed by atoms with Crippen LogP contribution in [0, 0.1) is 12.7 Å². The Morgan fingerprint density at radius 2 is 1.61 bits per heavy atom. The van der Waals surface area contributed by atoms with E-state index in [0.717, 1.165) is 9.87 Å². The van der Waals surface area contributed by atoms with E-state index < -0.39 is 34.4 Å². The summed E-state index contributed by atoms with van der Waals surface area (Å²) in [6, 6.07) is 12.2. The first-order chi connectivity index (χ1) is 15.7. The molecule has 1 fully saturated rings. The molecule has 0 radical (unpaired) electrons. The largest absolute Gasteiger partial charge is 0.450 e. The van der Waals surface area contributed by atoms with Crippen molar-refractivity contribution in [2.24, 2.45) is 0 Å². The number of ether oxygens (including phenoxy) is 1. The second kappa shape index (κ2) is 10.8. The lowest BCUT2D eigenvalue weighted by molar-refractivity contribution is -0.133. The van der Waals surface area contributed by atoms with E-state index in [-0.39, 0.29) is 36.7 Å². The molecule has 0 aliphatic carbocycles. The van der Waals surface area contributed by atoms with Gasteiger partial charge in [0.15, 0.2) is 0 Å². The molecule has 2 aromatic carbocycles. The van der Waals surface area contributed by atoms with E-state index >= 15 is 0 Å². The second-order valence-electron chi connectivity index (χ2n) is 7.74. The minimum absolute atomic E-state index is 0.0318. The van der Waals surface area contributed by atoms with E-state index in [0.29, 0.717) is 13.1 Å². The number of hydrogen-bond donors (Lipinski definition) is 0. The SMILES string of the molecule is CCOC(=O)N1CCN(C(=O)CN(Cc2ccccc2F)S(=O)(=O)c2ccc(C)cc2)CC1. The molecule has 0 unspecified atom stereocenters. The Bertz CT molecular complexity index is 1080. The first-order valence-corrected chi connectivity index (χ1v) is 12.2. The fraction of sp³-hybridized carbons (Fsp3) is 0.391. The van der Waals surface area contributed by atoms with Crippen molar-refractivity contribution in [3.63, 3.8) is 0 Å². The van der Waals surface area contributed by atoms with Crippen molar-refractivity contribution in [1.29, 1.82) is 0 Å². The number of benzene rings is 2. The highest BCUT2D eigenvalue weighted by molar-refractivity contribution is 7.89. The van der Waals surface area contributed by atoms with E-state index in [2.05, 4.69) is 0 Å². The molecule has 0 spiro atoms. The van der Waals surface area contributed by atoms with Gasteiger partial charge in [-0.3, -0.25) is 4.79 Å². The first-order valence-electron chi connectivity index (χ1n) is 10.7. The Hall–Kier alpha value is -2.98. The Morgan fingerprint density at radius 1 is 1.00 bits per heavy atom. The quantitative estimate of drug-likeness (QED) is 0.612. The number of rotatable bonds is 7. The van der Waals surface area contributed by atoms with Crippen molar-refractivity contribution in [3.05, 3.63) is 65.5 Å². The summed E-state index contributed by atoms with van der Waals surface area (Å²) in [5.74, 6) is -0.956. The van der Waals surface area contributed by atoms with Crippen LogP contribution in [0.4, 0.5) is 9.18 Å². The zero-order chi connectivity index (χ0) is 24.0. The summed E-state index contributed by atoms with van der Waals surface area (Å²) in [7, 11) is -4.06. The number of hydrogen-bond acceptors (Lipinski definition) is 5. The maximum absolute atomic E-state index is 14.3. The highest BCUT2D eigenvalue weighted by Crippen LogP contribution is 2.21. The van der Waals surface area contributed by atoms with Crippen molar-refractivity contribution in [2.75, 3.05) is 39.3 Å². The molecule has 0 saturated carbocycles. The summed E-state index contributed by atoms with van der Waals surface area (Å²) < 4.78 is 47.0. The normalized spacial score (nSPS) is 14.4. The molecule has 1 saturated heterocycles. The number of nitrogens with zero attached hydrogens (tertiary/aromatic N) is 3. The van der Waals surface area contributed by atoms with Crippen LogP contribution in [0.25, 0.3) is 0 Å². The Labute approximate surface area is 193 Å². The third kappa shape index (κ3) is 6.08. The lowest BCUT2D eigenvalue weighted by Gasteiger charge is -2.35. The summed E-state index contributed by atoms with van der Waals surface area (Å²) in [6.07, 6.45) is -0.437. The number of amides is 2. The topological polar surface area (TPSA) is 87.2 Å². The van der Waals surface area contributed by atoms with Gasteiger partial charge in [0.2, 0.25) is 15.9 Å². The molecule has 1 aliphatic rings. The van der Waals surface area contributed by atoms with Gasteiger partial charge < -0.3 is 14.5 Å². The van der Waals surface area contributed by atoms with Crippen molar-refractivity contribution < 1.29 is 27.1 Å². The van der Waals surface area contributed by atoms with Crippen LogP contribution in [0.3, 0.4) is 0 Å². The van der Waals surface area contributed by atoms with Gasteiger partial charge in [0, 0.05) is 38.3 Å². The fourth-order valence-corrected chi connectivity index (χ4v) is 4.87. The van der Waals surface area contributed by atoms with Crippen LogP contribution in [0.1, 0.15) is 18.1 Å². The maximum Gasteiger partial charge on any atom is 0.409 e. The molecule has 0 N–H and O–H groups in total. The Kier molecular flexibility index (Phi) is 8.04. The van der Waals surface area contributed by atoms with Crippen molar-refractivity contribution in [2.45, 2.75) is 25.3 Å². The van der Waals surface area contributed by atoms with Crippen molar-refractivity contribution >= 4 is 22.0 Å². The third-order valence-electron chi connectivity index (χ3n) is 5.43. The van der Waals surface area contributed by atoms with Gasteiger partial charge in [-0.1, -0.05) is 35.9 Å². The molecule has 2 aromatic rings. The Balaban J connectivity index is 1.78. The third-order valence-corrected chi connectivity index (χ3v) is 7.24. The summed E-state index contributed by atoms with van der Waals surface area (Å²) in [6.45, 7) is 4.21. The van der Waals surface area contributed by atoms with Gasteiger partial charge in [-0.05, 0) is 32.0 Å². The average Bonchev–Trinajstić information content (AvgIpc) is 2.80. The predicted octanol–water partition coefficient (Wildman–Crippen LogP) is 2.63.